The van der Waals surface area contributed by atoms with Crippen LogP contribution in [0.3, 0.4) is 0 Å². The average molecular weight is 349 g/mol. The van der Waals surface area contributed by atoms with Crippen molar-refractivity contribution >= 4 is 15.7 Å². The smallest absolute Gasteiger partial charge is 0.254 e. The molecule has 1 aromatic rings. The van der Waals surface area contributed by atoms with Crippen LogP contribution in [0.25, 0.3) is 0 Å². The summed E-state index contributed by atoms with van der Waals surface area (Å²) in [7, 11) is -3.21. The van der Waals surface area contributed by atoms with Crippen molar-refractivity contribution in [3.8, 4) is 0 Å². The molecule has 128 valence electrons. The van der Waals surface area contributed by atoms with Crippen LogP contribution in [0.2, 0.25) is 0 Å². The molecule has 0 aromatic heterocycles. The van der Waals surface area contributed by atoms with Crippen LogP contribution in [0.15, 0.2) is 12.1 Å². The second-order valence-corrected chi connectivity index (χ2v) is 7.89. The molecule has 1 aliphatic rings. The Hall–Kier alpha value is -1.57. The number of amides is 1. The molecule has 1 unspecified atom stereocenters. The number of carbonyl (C=O) groups is 1. The molecule has 1 aromatic carbocycles. The van der Waals surface area contributed by atoms with E-state index in [4.69, 9.17) is 0 Å². The molecule has 23 heavy (non-hydrogen) atoms. The molecule has 1 amide bonds. The molecule has 0 bridgehead atoms. The van der Waals surface area contributed by atoms with Gasteiger partial charge in [-0.15, -0.1) is 0 Å². The lowest BCUT2D eigenvalue weighted by molar-refractivity contribution is 0.0693. The predicted molar refractivity (Wildman–Crippen MR) is 79.3 cm³/mol. The summed E-state index contributed by atoms with van der Waals surface area (Å²) in [4.78, 5) is 13.9. The normalized spacial score (nSPS) is 19.7. The van der Waals surface area contributed by atoms with Crippen molar-refractivity contribution in [1.82, 2.24) is 4.90 Å². The fraction of sp³-hybridized carbons (Fsp3) is 0.533. The van der Waals surface area contributed by atoms with E-state index < -0.39 is 39.2 Å². The maximum Gasteiger partial charge on any atom is 0.254 e. The first-order valence-electron chi connectivity index (χ1n) is 7.41. The van der Waals surface area contributed by atoms with Crippen molar-refractivity contribution in [2.45, 2.75) is 32.2 Å². The Labute approximate surface area is 133 Å². The highest BCUT2D eigenvalue weighted by Gasteiger charge is 2.35. The minimum absolute atomic E-state index is 0.0142. The van der Waals surface area contributed by atoms with Crippen LogP contribution in [-0.2, 0) is 9.84 Å². The highest BCUT2D eigenvalue weighted by molar-refractivity contribution is 7.91. The molecule has 4 nitrogen and oxygen atoms in total. The van der Waals surface area contributed by atoms with E-state index in [0.717, 1.165) is 6.42 Å². The summed E-state index contributed by atoms with van der Waals surface area (Å²) in [6.07, 6.45) is 1.70. The van der Waals surface area contributed by atoms with E-state index in [0.29, 0.717) is 25.0 Å². The molecule has 2 rings (SSSR count). The molecular formula is C15H18F3NO3S. The molecule has 1 atom stereocenters. The molecule has 0 spiro atoms. The molecule has 8 heteroatoms. The van der Waals surface area contributed by atoms with Gasteiger partial charge >= 0.3 is 0 Å². The molecule has 1 fully saturated rings. The quantitative estimate of drug-likeness (QED) is 0.768. The van der Waals surface area contributed by atoms with Crippen LogP contribution < -0.4 is 0 Å². The maximum atomic E-state index is 13.3. The first kappa shape index (κ1) is 17.8. The van der Waals surface area contributed by atoms with Gasteiger partial charge in [0.25, 0.3) is 5.91 Å². The fourth-order valence-electron chi connectivity index (χ4n) is 2.64. The first-order valence-corrected chi connectivity index (χ1v) is 9.23. The molecule has 1 aliphatic heterocycles. The van der Waals surface area contributed by atoms with E-state index in [1.54, 1.807) is 0 Å². The van der Waals surface area contributed by atoms with Crippen molar-refractivity contribution in [2.24, 2.45) is 0 Å². The topological polar surface area (TPSA) is 54.5 Å². The summed E-state index contributed by atoms with van der Waals surface area (Å²) < 4.78 is 62.9. The lowest BCUT2D eigenvalue weighted by Crippen LogP contribution is -2.41. The van der Waals surface area contributed by atoms with E-state index in [-0.39, 0.29) is 23.6 Å². The number of hydrogen-bond donors (Lipinski definition) is 0. The van der Waals surface area contributed by atoms with Crippen molar-refractivity contribution < 1.29 is 26.4 Å². The zero-order valence-electron chi connectivity index (χ0n) is 12.7. The van der Waals surface area contributed by atoms with E-state index in [2.05, 4.69) is 0 Å². The summed E-state index contributed by atoms with van der Waals surface area (Å²) in [5.41, 5.74) is -0.318. The van der Waals surface area contributed by atoms with Gasteiger partial charge in [0.2, 0.25) is 0 Å². The highest BCUT2D eigenvalue weighted by Crippen LogP contribution is 2.22. The van der Waals surface area contributed by atoms with Crippen LogP contribution >= 0.6 is 0 Å². The van der Waals surface area contributed by atoms with Crippen LogP contribution in [-0.4, -0.2) is 43.3 Å². The minimum Gasteiger partial charge on any atom is -0.335 e. The Morgan fingerprint density at radius 1 is 1.26 bits per heavy atom. The molecule has 0 saturated carbocycles. The second-order valence-electron chi connectivity index (χ2n) is 5.66. The number of benzene rings is 1. The van der Waals surface area contributed by atoms with Crippen LogP contribution in [0, 0.1) is 17.5 Å². The third-order valence-corrected chi connectivity index (χ3v) is 5.64. The Bertz CT molecular complexity index is 683. The third kappa shape index (κ3) is 4.04. The highest BCUT2D eigenvalue weighted by atomic mass is 32.2. The molecule has 0 radical (unpaired) electrons. The van der Waals surface area contributed by atoms with Gasteiger partial charge in [0.05, 0.1) is 11.5 Å². The van der Waals surface area contributed by atoms with Gasteiger partial charge in [-0.3, -0.25) is 4.79 Å². The Kier molecular flexibility index (Phi) is 5.33. The fourth-order valence-corrected chi connectivity index (χ4v) is 4.38. The summed E-state index contributed by atoms with van der Waals surface area (Å²) in [6, 6.07) is 0.766. The van der Waals surface area contributed by atoms with E-state index >= 15 is 0 Å². The van der Waals surface area contributed by atoms with E-state index in [1.165, 1.54) is 4.90 Å². The van der Waals surface area contributed by atoms with Crippen LogP contribution in [0.5, 0.6) is 0 Å². The summed E-state index contributed by atoms with van der Waals surface area (Å²) in [6.45, 7) is 2.20. The van der Waals surface area contributed by atoms with Gasteiger partial charge in [0.15, 0.2) is 27.3 Å². The predicted octanol–water partition coefficient (Wildman–Crippen LogP) is 2.53. The number of hydrogen-bond acceptors (Lipinski definition) is 3. The molecule has 1 saturated heterocycles. The molecule has 1 heterocycles. The number of carbonyl (C=O) groups excluding carboxylic acids is 1. The zero-order valence-corrected chi connectivity index (χ0v) is 13.5. The van der Waals surface area contributed by atoms with Crippen LogP contribution in [0.4, 0.5) is 13.2 Å². The van der Waals surface area contributed by atoms with Crippen molar-refractivity contribution in [2.75, 3.05) is 18.1 Å². The van der Waals surface area contributed by atoms with Gasteiger partial charge in [-0.1, -0.05) is 13.3 Å². The Morgan fingerprint density at radius 3 is 2.35 bits per heavy atom. The van der Waals surface area contributed by atoms with Gasteiger partial charge in [0, 0.05) is 18.2 Å². The van der Waals surface area contributed by atoms with Crippen molar-refractivity contribution in [3.63, 3.8) is 0 Å². The standard InChI is InChI=1S/C15H18F3NO3S/c1-2-3-5-19(11-4-6-23(21,22)9-11)15(20)10-7-12(16)14(18)13(17)8-10/h7-8,11H,2-6,9H2,1H3. The molecule has 0 aliphatic carbocycles. The van der Waals surface area contributed by atoms with Crippen molar-refractivity contribution in [1.29, 1.82) is 0 Å². The summed E-state index contributed by atoms with van der Waals surface area (Å²) >= 11 is 0. The minimum atomic E-state index is -3.21. The largest absolute Gasteiger partial charge is 0.335 e. The third-order valence-electron chi connectivity index (χ3n) is 3.89. The Balaban J connectivity index is 2.30. The van der Waals surface area contributed by atoms with Gasteiger partial charge in [0.1, 0.15) is 0 Å². The lowest BCUT2D eigenvalue weighted by atomic mass is 10.1. The monoisotopic (exact) mass is 349 g/mol. The molecular weight excluding hydrogens is 331 g/mol. The van der Waals surface area contributed by atoms with Gasteiger partial charge in [-0.25, -0.2) is 21.6 Å². The maximum absolute atomic E-state index is 13.3. The van der Waals surface area contributed by atoms with E-state index in [9.17, 15) is 26.4 Å². The number of unbranched alkanes of at least 4 members (excludes halogenated alkanes) is 1. The first-order chi connectivity index (χ1) is 10.7. The number of nitrogens with zero attached hydrogens (tertiary/aromatic N) is 1. The number of halogens is 3. The second kappa shape index (κ2) is 6.90. The van der Waals surface area contributed by atoms with E-state index in [1.807, 2.05) is 6.92 Å². The number of sulfone groups is 1. The van der Waals surface area contributed by atoms with Crippen molar-refractivity contribution in [3.05, 3.63) is 35.1 Å². The van der Waals surface area contributed by atoms with Gasteiger partial charge in [-0.2, -0.15) is 0 Å². The molecule has 0 N–H and O–H groups in total. The summed E-state index contributed by atoms with van der Waals surface area (Å²) in [5.74, 6) is -5.37. The van der Waals surface area contributed by atoms with Crippen LogP contribution in [0.1, 0.15) is 36.5 Å². The SMILES string of the molecule is CCCCN(C(=O)c1cc(F)c(F)c(F)c1)C1CCS(=O)(=O)C1. The lowest BCUT2D eigenvalue weighted by Gasteiger charge is -2.28. The van der Waals surface area contributed by atoms with Gasteiger partial charge in [-0.05, 0) is 25.0 Å². The average Bonchev–Trinajstić information content (AvgIpc) is 2.84. The Morgan fingerprint density at radius 2 is 1.87 bits per heavy atom. The van der Waals surface area contributed by atoms with Gasteiger partial charge < -0.3 is 4.90 Å². The zero-order chi connectivity index (χ0) is 17.2. The summed E-state index contributed by atoms with van der Waals surface area (Å²) in [5, 5.41) is 0. The number of rotatable bonds is 5.